The summed E-state index contributed by atoms with van der Waals surface area (Å²) in [6.07, 6.45) is 0. The third-order valence-electron chi connectivity index (χ3n) is 0.745. The summed E-state index contributed by atoms with van der Waals surface area (Å²) in [5, 5.41) is 2.76. The van der Waals surface area contributed by atoms with Crippen LogP contribution in [0.2, 0.25) is 0 Å². The number of aliphatic imine (C=N–C) groups is 1. The lowest BCUT2D eigenvalue weighted by Gasteiger charge is -1.85. The highest BCUT2D eigenvalue weighted by Gasteiger charge is 1.86. The van der Waals surface area contributed by atoms with Crippen molar-refractivity contribution in [3.8, 4) is 0 Å². The Bertz CT molecular complexity index is 198. The number of nitrogens with zero attached hydrogens (tertiary/aromatic N) is 1. The molecular formula is C5H7N3S. The van der Waals surface area contributed by atoms with Gasteiger partial charge in [-0.05, 0) is 17.5 Å². The van der Waals surface area contributed by atoms with Gasteiger partial charge in [0.1, 0.15) is 5.00 Å². The summed E-state index contributed by atoms with van der Waals surface area (Å²) in [6, 6.07) is 3.75. The van der Waals surface area contributed by atoms with Crippen molar-refractivity contribution in [1.82, 2.24) is 0 Å². The lowest BCUT2D eigenvalue weighted by atomic mass is 10.6. The molecule has 0 saturated heterocycles. The quantitative estimate of drug-likeness (QED) is 0.445. The topological polar surface area (TPSA) is 64.4 Å². The van der Waals surface area contributed by atoms with Crippen LogP contribution in [-0.2, 0) is 0 Å². The monoisotopic (exact) mass is 141 g/mol. The van der Waals surface area contributed by atoms with Crippen molar-refractivity contribution in [2.45, 2.75) is 0 Å². The highest BCUT2D eigenvalue weighted by molar-refractivity contribution is 7.13. The molecule has 0 amide bonds. The van der Waals surface area contributed by atoms with Gasteiger partial charge in [-0.25, -0.2) is 4.99 Å². The molecule has 0 radical (unpaired) electrons. The zero-order valence-corrected chi connectivity index (χ0v) is 5.56. The second kappa shape index (κ2) is 2.50. The predicted molar refractivity (Wildman–Crippen MR) is 39.8 cm³/mol. The maximum atomic E-state index is 5.12. The first-order valence-corrected chi connectivity index (χ1v) is 3.30. The molecule has 0 fully saturated rings. The van der Waals surface area contributed by atoms with Crippen LogP contribution in [0.3, 0.4) is 0 Å². The number of hydrogen-bond donors (Lipinski definition) is 2. The summed E-state index contributed by atoms with van der Waals surface area (Å²) in [7, 11) is 0. The van der Waals surface area contributed by atoms with Gasteiger partial charge in [0.2, 0.25) is 0 Å². The SMILES string of the molecule is NC(N)=Nc1cccs1. The van der Waals surface area contributed by atoms with Gasteiger partial charge in [0.15, 0.2) is 5.96 Å². The molecule has 4 heteroatoms. The molecule has 48 valence electrons. The predicted octanol–water partition coefficient (Wildman–Crippen LogP) is 0.653. The van der Waals surface area contributed by atoms with Crippen LogP contribution in [0.4, 0.5) is 5.00 Å². The molecule has 1 rings (SSSR count). The van der Waals surface area contributed by atoms with Crippen LogP contribution < -0.4 is 11.5 Å². The lowest BCUT2D eigenvalue weighted by molar-refractivity contribution is 1.46. The number of hydrogen-bond acceptors (Lipinski definition) is 2. The van der Waals surface area contributed by atoms with Crippen LogP contribution in [0.5, 0.6) is 0 Å². The molecule has 0 saturated carbocycles. The van der Waals surface area contributed by atoms with Crippen molar-refractivity contribution in [2.24, 2.45) is 16.5 Å². The summed E-state index contributed by atoms with van der Waals surface area (Å²) < 4.78 is 0. The largest absolute Gasteiger partial charge is 0.370 e. The molecular weight excluding hydrogens is 134 g/mol. The molecule has 0 aromatic carbocycles. The van der Waals surface area contributed by atoms with Gasteiger partial charge in [-0.15, -0.1) is 11.3 Å². The highest BCUT2D eigenvalue weighted by Crippen LogP contribution is 2.17. The van der Waals surface area contributed by atoms with Crippen LogP contribution >= 0.6 is 11.3 Å². The van der Waals surface area contributed by atoms with Gasteiger partial charge < -0.3 is 11.5 Å². The van der Waals surface area contributed by atoms with Crippen LogP contribution in [0.15, 0.2) is 22.5 Å². The second-order valence-corrected chi connectivity index (χ2v) is 2.41. The van der Waals surface area contributed by atoms with E-state index < -0.39 is 0 Å². The average molecular weight is 141 g/mol. The molecule has 1 aromatic heterocycles. The van der Waals surface area contributed by atoms with E-state index in [1.165, 1.54) is 11.3 Å². The molecule has 1 heterocycles. The average Bonchev–Trinajstić information content (AvgIpc) is 2.15. The van der Waals surface area contributed by atoms with Gasteiger partial charge in [0.05, 0.1) is 0 Å². The third kappa shape index (κ3) is 1.73. The normalized spacial score (nSPS) is 8.89. The Kier molecular flexibility index (Phi) is 1.69. The molecule has 0 spiro atoms. The van der Waals surface area contributed by atoms with Gasteiger partial charge >= 0.3 is 0 Å². The van der Waals surface area contributed by atoms with Crippen molar-refractivity contribution in [1.29, 1.82) is 0 Å². The van der Waals surface area contributed by atoms with Crippen LogP contribution in [0.25, 0.3) is 0 Å². The first-order valence-electron chi connectivity index (χ1n) is 2.42. The Morgan fingerprint density at radius 1 is 1.56 bits per heavy atom. The Morgan fingerprint density at radius 3 is 2.78 bits per heavy atom. The lowest BCUT2D eigenvalue weighted by Crippen LogP contribution is -2.21. The van der Waals surface area contributed by atoms with Gasteiger partial charge in [-0.2, -0.15) is 0 Å². The van der Waals surface area contributed by atoms with Crippen molar-refractivity contribution in [2.75, 3.05) is 0 Å². The maximum absolute atomic E-state index is 5.12. The highest BCUT2D eigenvalue weighted by atomic mass is 32.1. The number of nitrogens with two attached hydrogens (primary N) is 2. The standard InChI is InChI=1S/C5H7N3S/c6-5(7)8-4-2-1-3-9-4/h1-3H,(H4,6,7,8). The fourth-order valence-electron chi connectivity index (χ4n) is 0.461. The zero-order chi connectivity index (χ0) is 6.69. The molecule has 0 aliphatic heterocycles. The summed E-state index contributed by atoms with van der Waals surface area (Å²) in [5.41, 5.74) is 10.2. The molecule has 3 nitrogen and oxygen atoms in total. The van der Waals surface area contributed by atoms with E-state index in [-0.39, 0.29) is 5.96 Å². The molecule has 0 bridgehead atoms. The minimum absolute atomic E-state index is 0.109. The van der Waals surface area contributed by atoms with Gasteiger partial charge in [0, 0.05) is 0 Å². The molecule has 1 aromatic rings. The maximum Gasteiger partial charge on any atom is 0.191 e. The van der Waals surface area contributed by atoms with Crippen LogP contribution in [0.1, 0.15) is 0 Å². The summed E-state index contributed by atoms with van der Waals surface area (Å²) in [5.74, 6) is 0.109. The fourth-order valence-corrected chi connectivity index (χ4v) is 1.07. The number of thiophene rings is 1. The van der Waals surface area contributed by atoms with Gasteiger partial charge in [-0.3, -0.25) is 0 Å². The van der Waals surface area contributed by atoms with E-state index in [4.69, 9.17) is 11.5 Å². The smallest absolute Gasteiger partial charge is 0.191 e. The summed E-state index contributed by atoms with van der Waals surface area (Å²) in [4.78, 5) is 3.81. The minimum atomic E-state index is 0.109. The fraction of sp³-hybridized carbons (Fsp3) is 0. The molecule has 0 aliphatic rings. The van der Waals surface area contributed by atoms with E-state index in [1.54, 1.807) is 0 Å². The Labute approximate surface area is 57.0 Å². The van der Waals surface area contributed by atoms with Crippen molar-refractivity contribution in [3.63, 3.8) is 0 Å². The zero-order valence-electron chi connectivity index (χ0n) is 4.74. The van der Waals surface area contributed by atoms with E-state index in [9.17, 15) is 0 Å². The van der Waals surface area contributed by atoms with E-state index >= 15 is 0 Å². The number of guanidine groups is 1. The summed E-state index contributed by atoms with van der Waals surface area (Å²) >= 11 is 1.50. The first kappa shape index (κ1) is 6.10. The second-order valence-electron chi connectivity index (χ2n) is 1.49. The first-order chi connectivity index (χ1) is 4.29. The van der Waals surface area contributed by atoms with Gasteiger partial charge in [0.25, 0.3) is 0 Å². The van der Waals surface area contributed by atoms with Crippen molar-refractivity contribution in [3.05, 3.63) is 17.5 Å². The number of rotatable bonds is 1. The molecule has 9 heavy (non-hydrogen) atoms. The van der Waals surface area contributed by atoms with E-state index in [0.29, 0.717) is 0 Å². The Morgan fingerprint density at radius 2 is 2.33 bits per heavy atom. The molecule has 0 atom stereocenters. The molecule has 0 aliphatic carbocycles. The Hall–Kier alpha value is -1.03. The summed E-state index contributed by atoms with van der Waals surface area (Å²) in [6.45, 7) is 0. The van der Waals surface area contributed by atoms with E-state index in [0.717, 1.165) is 5.00 Å². The van der Waals surface area contributed by atoms with Crippen molar-refractivity contribution >= 4 is 22.3 Å². The van der Waals surface area contributed by atoms with Crippen molar-refractivity contribution < 1.29 is 0 Å². The Balaban J connectivity index is 2.80. The van der Waals surface area contributed by atoms with Crippen LogP contribution in [-0.4, -0.2) is 5.96 Å². The van der Waals surface area contributed by atoms with Crippen LogP contribution in [0, 0.1) is 0 Å². The van der Waals surface area contributed by atoms with E-state index in [2.05, 4.69) is 4.99 Å². The minimum Gasteiger partial charge on any atom is -0.370 e. The third-order valence-corrected chi connectivity index (χ3v) is 1.51. The molecule has 0 unspecified atom stereocenters. The molecule has 4 N–H and O–H groups in total. The van der Waals surface area contributed by atoms with E-state index in [1.807, 2.05) is 17.5 Å². The van der Waals surface area contributed by atoms with Gasteiger partial charge in [-0.1, -0.05) is 0 Å².